The van der Waals surface area contributed by atoms with Gasteiger partial charge in [-0.3, -0.25) is 4.79 Å². The second kappa shape index (κ2) is 16.8. The van der Waals surface area contributed by atoms with Gasteiger partial charge in [0.05, 0.1) is 0 Å². The van der Waals surface area contributed by atoms with Gasteiger partial charge in [0.1, 0.15) is 0 Å². The lowest BCUT2D eigenvalue weighted by molar-refractivity contribution is -0.111. The fourth-order valence-corrected chi connectivity index (χ4v) is 2.59. The quantitative estimate of drug-likeness (QED) is 0.185. The zero-order chi connectivity index (χ0) is 14.9. The summed E-state index contributed by atoms with van der Waals surface area (Å²) in [6, 6.07) is 0. The van der Waals surface area contributed by atoms with Gasteiger partial charge in [-0.05, 0) is 37.8 Å². The van der Waals surface area contributed by atoms with Crippen LogP contribution in [0, 0.1) is 0 Å². The molecular weight excluding hydrogens is 268 g/mol. The predicted molar refractivity (Wildman–Crippen MR) is 90.3 cm³/mol. The topological polar surface area (TPSA) is 17.1 Å². The predicted octanol–water partition coefficient (Wildman–Crippen LogP) is 6.79. The third-order valence-electron chi connectivity index (χ3n) is 3.73. The van der Waals surface area contributed by atoms with E-state index in [0.717, 1.165) is 12.8 Å². The molecule has 0 saturated heterocycles. The summed E-state index contributed by atoms with van der Waals surface area (Å²) in [6.45, 7) is 2.09. The van der Waals surface area contributed by atoms with Crippen LogP contribution in [0.3, 0.4) is 0 Å². The van der Waals surface area contributed by atoms with Crippen molar-refractivity contribution in [3.8, 4) is 0 Å². The molecule has 0 rings (SSSR count). The maximum atomic E-state index is 10.5. The fourth-order valence-electron chi connectivity index (χ4n) is 2.46. The summed E-state index contributed by atoms with van der Waals surface area (Å²) in [5, 5.41) is -0.185. The van der Waals surface area contributed by atoms with Gasteiger partial charge in [0, 0.05) is 6.42 Å². The van der Waals surface area contributed by atoms with Crippen LogP contribution in [0.5, 0.6) is 0 Å². The zero-order valence-corrected chi connectivity index (χ0v) is 14.1. The molecule has 20 heavy (non-hydrogen) atoms. The molecule has 0 aromatic heterocycles. The highest BCUT2D eigenvalue weighted by Crippen LogP contribution is 2.13. The molecular formula is C18H33ClO. The number of hydrogen-bond donors (Lipinski definition) is 0. The maximum absolute atomic E-state index is 10.5. The first-order valence-corrected chi connectivity index (χ1v) is 8.94. The zero-order valence-electron chi connectivity index (χ0n) is 13.3. The van der Waals surface area contributed by atoms with Gasteiger partial charge in [-0.25, -0.2) is 0 Å². The van der Waals surface area contributed by atoms with E-state index in [1.165, 1.54) is 70.6 Å². The number of allylic oxidation sites excluding steroid dienone is 2. The summed E-state index contributed by atoms with van der Waals surface area (Å²) in [7, 11) is 0. The van der Waals surface area contributed by atoms with Gasteiger partial charge in [0.25, 0.3) is 0 Å². The van der Waals surface area contributed by atoms with E-state index >= 15 is 0 Å². The summed E-state index contributed by atoms with van der Waals surface area (Å²) in [5.41, 5.74) is 0. The van der Waals surface area contributed by atoms with Crippen molar-refractivity contribution in [1.29, 1.82) is 0 Å². The molecule has 0 saturated carbocycles. The minimum atomic E-state index is -0.185. The van der Waals surface area contributed by atoms with Crippen molar-refractivity contribution in [2.45, 2.75) is 96.8 Å². The third-order valence-corrected chi connectivity index (χ3v) is 3.92. The molecule has 0 aromatic carbocycles. The van der Waals surface area contributed by atoms with Gasteiger partial charge < -0.3 is 0 Å². The van der Waals surface area contributed by atoms with Crippen molar-refractivity contribution >= 4 is 16.8 Å². The van der Waals surface area contributed by atoms with Crippen LogP contribution < -0.4 is 0 Å². The van der Waals surface area contributed by atoms with Crippen LogP contribution in [0.2, 0.25) is 0 Å². The van der Waals surface area contributed by atoms with E-state index in [1.54, 1.807) is 0 Å². The molecule has 0 aliphatic carbocycles. The Hall–Kier alpha value is -0.300. The Morgan fingerprint density at radius 2 is 1.15 bits per heavy atom. The van der Waals surface area contributed by atoms with Crippen molar-refractivity contribution in [3.63, 3.8) is 0 Å². The van der Waals surface area contributed by atoms with Crippen molar-refractivity contribution in [2.75, 3.05) is 0 Å². The van der Waals surface area contributed by atoms with Crippen LogP contribution in [0.4, 0.5) is 0 Å². The average molecular weight is 301 g/mol. The first-order chi connectivity index (χ1) is 9.77. The van der Waals surface area contributed by atoms with Gasteiger partial charge in [-0.1, -0.05) is 76.4 Å². The van der Waals surface area contributed by atoms with Crippen molar-refractivity contribution in [3.05, 3.63) is 12.2 Å². The highest BCUT2D eigenvalue weighted by Gasteiger charge is 1.96. The Labute approximate surface area is 131 Å². The Kier molecular flexibility index (Phi) is 16.5. The Morgan fingerprint density at radius 1 is 0.750 bits per heavy atom. The molecule has 0 unspecified atom stereocenters. The largest absolute Gasteiger partial charge is 0.281 e. The average Bonchev–Trinajstić information content (AvgIpc) is 2.43. The number of rotatable bonds is 15. The summed E-state index contributed by atoms with van der Waals surface area (Å²) >= 11 is 5.29. The molecule has 0 N–H and O–H groups in total. The van der Waals surface area contributed by atoms with Crippen LogP contribution in [0.25, 0.3) is 0 Å². The molecule has 0 fully saturated rings. The highest BCUT2D eigenvalue weighted by atomic mass is 35.5. The second-order valence-electron chi connectivity index (χ2n) is 5.71. The van der Waals surface area contributed by atoms with Gasteiger partial charge in [0.15, 0.2) is 0 Å². The highest BCUT2D eigenvalue weighted by molar-refractivity contribution is 6.63. The number of unbranched alkanes of at least 4 members (excludes halogenated alkanes) is 12. The van der Waals surface area contributed by atoms with Crippen LogP contribution in [0.1, 0.15) is 96.8 Å². The number of hydrogen-bond acceptors (Lipinski definition) is 1. The number of carbonyl (C=O) groups is 1. The van der Waals surface area contributed by atoms with Gasteiger partial charge in [0.2, 0.25) is 5.24 Å². The lowest BCUT2D eigenvalue weighted by atomic mass is 10.0. The normalized spacial score (nSPS) is 11.3. The summed E-state index contributed by atoms with van der Waals surface area (Å²) in [5.74, 6) is 0. The molecule has 1 nitrogen and oxygen atoms in total. The molecule has 0 bridgehead atoms. The Morgan fingerprint density at radius 3 is 1.55 bits per heavy atom. The van der Waals surface area contributed by atoms with Crippen LogP contribution >= 0.6 is 11.6 Å². The number of carbonyl (C=O) groups excluding carboxylic acids is 1. The standard InChI is InChI=1S/C18H33ClO/c1-2-3-4-5-6-7-8-9-10-11-12-13-14-15-16-17-18(19)20/h2-3H,4-17H2,1H3/b3-2+. The third kappa shape index (κ3) is 17.7. The molecule has 118 valence electrons. The molecule has 0 aromatic rings. The molecule has 0 heterocycles. The summed E-state index contributed by atoms with van der Waals surface area (Å²) in [6.07, 6.45) is 22.0. The lowest BCUT2D eigenvalue weighted by Crippen LogP contribution is -1.86. The molecule has 0 spiro atoms. The van der Waals surface area contributed by atoms with E-state index in [-0.39, 0.29) is 5.24 Å². The molecule has 0 radical (unpaired) electrons. The Balaban J connectivity index is 2.97. The van der Waals surface area contributed by atoms with E-state index in [1.807, 2.05) is 0 Å². The summed E-state index contributed by atoms with van der Waals surface area (Å²) < 4.78 is 0. The van der Waals surface area contributed by atoms with Crippen LogP contribution in [-0.4, -0.2) is 5.24 Å². The van der Waals surface area contributed by atoms with E-state index < -0.39 is 0 Å². The monoisotopic (exact) mass is 300 g/mol. The van der Waals surface area contributed by atoms with E-state index in [0.29, 0.717) is 6.42 Å². The molecule has 0 aliphatic rings. The van der Waals surface area contributed by atoms with E-state index in [9.17, 15) is 4.79 Å². The SMILES string of the molecule is C/C=C/CCCCCCCCCCCCCCC(=O)Cl. The van der Waals surface area contributed by atoms with Crippen LogP contribution in [-0.2, 0) is 4.79 Å². The number of halogens is 1. The maximum Gasteiger partial charge on any atom is 0.221 e. The molecule has 0 atom stereocenters. The molecule has 0 aliphatic heterocycles. The van der Waals surface area contributed by atoms with Gasteiger partial charge >= 0.3 is 0 Å². The first-order valence-electron chi connectivity index (χ1n) is 8.57. The van der Waals surface area contributed by atoms with E-state index in [4.69, 9.17) is 11.6 Å². The van der Waals surface area contributed by atoms with Crippen LogP contribution in [0.15, 0.2) is 12.2 Å². The smallest absolute Gasteiger partial charge is 0.221 e. The van der Waals surface area contributed by atoms with Gasteiger partial charge in [-0.2, -0.15) is 0 Å². The molecule has 2 heteroatoms. The van der Waals surface area contributed by atoms with E-state index in [2.05, 4.69) is 19.1 Å². The van der Waals surface area contributed by atoms with Crippen molar-refractivity contribution in [2.24, 2.45) is 0 Å². The minimum Gasteiger partial charge on any atom is -0.281 e. The van der Waals surface area contributed by atoms with Crippen molar-refractivity contribution in [1.82, 2.24) is 0 Å². The first kappa shape index (κ1) is 19.7. The Bertz CT molecular complexity index is 236. The lowest BCUT2D eigenvalue weighted by Gasteiger charge is -2.02. The minimum absolute atomic E-state index is 0.185. The fraction of sp³-hybridized carbons (Fsp3) is 0.833. The van der Waals surface area contributed by atoms with Crippen molar-refractivity contribution < 1.29 is 4.79 Å². The molecule has 0 amide bonds. The van der Waals surface area contributed by atoms with Gasteiger partial charge in [-0.15, -0.1) is 0 Å². The summed E-state index contributed by atoms with van der Waals surface area (Å²) in [4.78, 5) is 10.5. The second-order valence-corrected chi connectivity index (χ2v) is 6.13.